The third-order valence-electron chi connectivity index (χ3n) is 3.79. The molecule has 1 aromatic carbocycles. The van der Waals surface area contributed by atoms with Crippen molar-refractivity contribution in [2.24, 2.45) is 0 Å². The molecule has 4 heteroatoms. The van der Waals surface area contributed by atoms with Crippen molar-refractivity contribution in [3.8, 4) is 0 Å². The van der Waals surface area contributed by atoms with Crippen molar-refractivity contribution in [1.82, 2.24) is 10.6 Å². The fourth-order valence-corrected chi connectivity index (χ4v) is 2.65. The first-order valence-corrected chi connectivity index (χ1v) is 6.70. The van der Waals surface area contributed by atoms with Gasteiger partial charge in [-0.2, -0.15) is 0 Å². The lowest BCUT2D eigenvalue weighted by Gasteiger charge is -2.31. The van der Waals surface area contributed by atoms with Crippen LogP contribution in [0.4, 0.5) is 0 Å². The predicted molar refractivity (Wildman–Crippen MR) is 81.1 cm³/mol. The van der Waals surface area contributed by atoms with E-state index < -0.39 is 0 Å². The zero-order chi connectivity index (χ0) is 13.1. The van der Waals surface area contributed by atoms with Crippen molar-refractivity contribution in [1.29, 1.82) is 0 Å². The Morgan fingerprint density at radius 2 is 1.95 bits per heavy atom. The number of halogens is 1. The maximum Gasteiger partial charge on any atom is 0.252 e. The van der Waals surface area contributed by atoms with Crippen molar-refractivity contribution in [2.45, 2.75) is 45.7 Å². The molecule has 1 amide bonds. The van der Waals surface area contributed by atoms with E-state index in [9.17, 15) is 4.79 Å². The molecule has 2 unspecified atom stereocenters. The fraction of sp³-hybridized carbons (Fsp3) is 0.533. The normalized spacial score (nSPS) is 22.5. The molecule has 1 heterocycles. The molecular formula is C15H23ClN2O. The summed E-state index contributed by atoms with van der Waals surface area (Å²) in [7, 11) is 0. The number of amides is 1. The smallest absolute Gasteiger partial charge is 0.252 e. The summed E-state index contributed by atoms with van der Waals surface area (Å²) in [4.78, 5) is 12.4. The third-order valence-corrected chi connectivity index (χ3v) is 3.79. The van der Waals surface area contributed by atoms with Crippen LogP contribution in [0.15, 0.2) is 18.2 Å². The van der Waals surface area contributed by atoms with Crippen molar-refractivity contribution in [3.63, 3.8) is 0 Å². The average molecular weight is 283 g/mol. The molecule has 0 aromatic heterocycles. The molecule has 19 heavy (non-hydrogen) atoms. The first-order chi connectivity index (χ1) is 8.59. The summed E-state index contributed by atoms with van der Waals surface area (Å²) in [6.07, 6.45) is 2.19. The van der Waals surface area contributed by atoms with Gasteiger partial charge in [0.05, 0.1) is 0 Å². The predicted octanol–water partition coefficient (Wildman–Crippen LogP) is 2.60. The van der Waals surface area contributed by atoms with Gasteiger partial charge in [0.2, 0.25) is 0 Å². The van der Waals surface area contributed by atoms with Crippen LogP contribution in [-0.4, -0.2) is 24.5 Å². The van der Waals surface area contributed by atoms with Crippen molar-refractivity contribution in [2.75, 3.05) is 6.54 Å². The molecule has 0 spiro atoms. The van der Waals surface area contributed by atoms with E-state index in [-0.39, 0.29) is 24.4 Å². The number of carbonyl (C=O) groups is 1. The van der Waals surface area contributed by atoms with Gasteiger partial charge in [0, 0.05) is 17.6 Å². The fourth-order valence-electron chi connectivity index (χ4n) is 2.65. The zero-order valence-corrected chi connectivity index (χ0v) is 12.6. The van der Waals surface area contributed by atoms with Crippen LogP contribution in [0.2, 0.25) is 0 Å². The van der Waals surface area contributed by atoms with Gasteiger partial charge in [-0.15, -0.1) is 12.4 Å². The Hall–Kier alpha value is -1.06. The average Bonchev–Trinajstić information content (AvgIpc) is 2.32. The second-order valence-corrected chi connectivity index (χ2v) is 5.23. The Kier molecular flexibility index (Phi) is 5.83. The second-order valence-electron chi connectivity index (χ2n) is 5.23. The summed E-state index contributed by atoms with van der Waals surface area (Å²) < 4.78 is 0. The summed E-state index contributed by atoms with van der Waals surface area (Å²) in [6.45, 7) is 7.17. The van der Waals surface area contributed by atoms with Gasteiger partial charge in [-0.1, -0.05) is 18.2 Å². The van der Waals surface area contributed by atoms with Gasteiger partial charge in [0.1, 0.15) is 0 Å². The topological polar surface area (TPSA) is 41.1 Å². The third kappa shape index (κ3) is 3.71. The summed E-state index contributed by atoms with van der Waals surface area (Å²) in [5.41, 5.74) is 2.92. The Morgan fingerprint density at radius 1 is 1.32 bits per heavy atom. The molecule has 1 aliphatic heterocycles. The van der Waals surface area contributed by atoms with Gasteiger partial charge in [0.25, 0.3) is 5.91 Å². The largest absolute Gasteiger partial charge is 0.348 e. The van der Waals surface area contributed by atoms with Gasteiger partial charge >= 0.3 is 0 Å². The Bertz CT molecular complexity index is 428. The second kappa shape index (κ2) is 6.92. The lowest BCUT2D eigenvalue weighted by atomic mass is 9.97. The molecule has 2 rings (SSSR count). The molecule has 2 N–H and O–H groups in total. The Morgan fingerprint density at radius 3 is 2.53 bits per heavy atom. The number of carbonyl (C=O) groups excluding carboxylic acids is 1. The minimum atomic E-state index is 0. The molecule has 106 valence electrons. The number of piperidine rings is 1. The van der Waals surface area contributed by atoms with Gasteiger partial charge in [-0.3, -0.25) is 4.79 Å². The highest BCUT2D eigenvalue weighted by molar-refractivity contribution is 5.97. The SMILES string of the molecule is Cc1cccc(C)c1C(=O)NC1CCCNC1C.Cl. The monoisotopic (exact) mass is 282 g/mol. The lowest BCUT2D eigenvalue weighted by Crippen LogP contribution is -2.52. The molecule has 3 nitrogen and oxygen atoms in total. The number of nitrogens with one attached hydrogen (secondary N) is 2. The van der Waals surface area contributed by atoms with Crippen LogP contribution in [-0.2, 0) is 0 Å². The molecule has 1 fully saturated rings. The van der Waals surface area contributed by atoms with E-state index in [0.29, 0.717) is 6.04 Å². The number of rotatable bonds is 2. The maximum absolute atomic E-state index is 12.4. The number of hydrogen-bond acceptors (Lipinski definition) is 2. The van der Waals surface area contributed by atoms with Gasteiger partial charge in [-0.05, 0) is 51.3 Å². The molecule has 1 saturated heterocycles. The minimum Gasteiger partial charge on any atom is -0.348 e. The van der Waals surface area contributed by atoms with E-state index in [1.165, 1.54) is 0 Å². The maximum atomic E-state index is 12.4. The molecule has 0 bridgehead atoms. The van der Waals surface area contributed by atoms with Crippen LogP contribution >= 0.6 is 12.4 Å². The molecule has 0 saturated carbocycles. The molecule has 2 atom stereocenters. The van der Waals surface area contributed by atoms with Crippen LogP contribution in [0, 0.1) is 13.8 Å². The van der Waals surface area contributed by atoms with E-state index in [1.54, 1.807) is 0 Å². The van der Waals surface area contributed by atoms with E-state index >= 15 is 0 Å². The molecule has 0 radical (unpaired) electrons. The van der Waals surface area contributed by atoms with Crippen molar-refractivity contribution in [3.05, 3.63) is 34.9 Å². The van der Waals surface area contributed by atoms with Gasteiger partial charge < -0.3 is 10.6 Å². The first-order valence-electron chi connectivity index (χ1n) is 6.70. The highest BCUT2D eigenvalue weighted by Gasteiger charge is 2.23. The Balaban J connectivity index is 0.00000180. The van der Waals surface area contributed by atoms with Crippen LogP contribution in [0.3, 0.4) is 0 Å². The summed E-state index contributed by atoms with van der Waals surface area (Å²) >= 11 is 0. The Labute approximate surface area is 121 Å². The molecule has 1 aromatic rings. The van der Waals surface area contributed by atoms with E-state index in [1.807, 2.05) is 32.0 Å². The van der Waals surface area contributed by atoms with Gasteiger partial charge in [0.15, 0.2) is 0 Å². The molecular weight excluding hydrogens is 260 g/mol. The standard InChI is InChI=1S/C15H22N2O.ClH/c1-10-6-4-7-11(2)14(10)15(18)17-13-8-5-9-16-12(13)3;/h4,6-7,12-13,16H,5,8-9H2,1-3H3,(H,17,18);1H. The summed E-state index contributed by atoms with van der Waals surface area (Å²) in [5.74, 6) is 0.0612. The van der Waals surface area contributed by atoms with E-state index in [2.05, 4.69) is 17.6 Å². The highest BCUT2D eigenvalue weighted by atomic mass is 35.5. The summed E-state index contributed by atoms with van der Waals surface area (Å²) in [5, 5.41) is 6.57. The highest BCUT2D eigenvalue weighted by Crippen LogP contribution is 2.15. The zero-order valence-electron chi connectivity index (χ0n) is 11.8. The van der Waals surface area contributed by atoms with Crippen molar-refractivity contribution >= 4 is 18.3 Å². The van der Waals surface area contributed by atoms with Crippen LogP contribution in [0.25, 0.3) is 0 Å². The van der Waals surface area contributed by atoms with Gasteiger partial charge in [-0.25, -0.2) is 0 Å². The summed E-state index contributed by atoms with van der Waals surface area (Å²) in [6, 6.07) is 6.57. The first kappa shape index (κ1) is 16.0. The van der Waals surface area contributed by atoms with E-state index in [4.69, 9.17) is 0 Å². The number of aryl methyl sites for hydroxylation is 2. The number of hydrogen-bond donors (Lipinski definition) is 2. The van der Waals surface area contributed by atoms with Crippen molar-refractivity contribution < 1.29 is 4.79 Å². The van der Waals surface area contributed by atoms with Crippen LogP contribution in [0.5, 0.6) is 0 Å². The van der Waals surface area contributed by atoms with E-state index in [0.717, 1.165) is 36.1 Å². The lowest BCUT2D eigenvalue weighted by molar-refractivity contribution is 0.0918. The molecule has 1 aliphatic rings. The minimum absolute atomic E-state index is 0. The van der Waals surface area contributed by atoms with Crippen LogP contribution < -0.4 is 10.6 Å². The quantitative estimate of drug-likeness (QED) is 0.875. The number of benzene rings is 1. The molecule has 0 aliphatic carbocycles. The van der Waals surface area contributed by atoms with Crippen LogP contribution in [0.1, 0.15) is 41.3 Å².